The molecule has 0 aliphatic heterocycles. The first-order valence-electron chi connectivity index (χ1n) is 4.90. The Morgan fingerprint density at radius 1 is 0.562 bits per heavy atom. The smallest absolute Gasteiger partial charge is 0.0558 e. The average Bonchev–Trinajstić information content (AvgIpc) is 2.38. The number of nitrogens with zero attached hydrogens (tertiary/aromatic N) is 1. The molecule has 0 aromatic rings. The van der Waals surface area contributed by atoms with Crippen molar-refractivity contribution in [3.63, 3.8) is 0 Å². The first kappa shape index (κ1) is 24.3. The highest BCUT2D eigenvalue weighted by atomic mass is 16.3. The van der Waals surface area contributed by atoms with Crippen LogP contribution in [0.3, 0.4) is 0 Å². The van der Waals surface area contributed by atoms with E-state index in [9.17, 15) is 0 Å². The zero-order valence-electron chi connectivity index (χ0n) is 10.3. The summed E-state index contributed by atoms with van der Waals surface area (Å²) in [4.78, 5) is 1.79. The van der Waals surface area contributed by atoms with Gasteiger partial charge >= 0.3 is 0 Å². The van der Waals surface area contributed by atoms with Gasteiger partial charge in [-0.05, 0) is 0 Å². The Kier molecular flexibility index (Phi) is 56.2. The summed E-state index contributed by atoms with van der Waals surface area (Å²) in [5.74, 6) is 0. The topological polar surface area (TPSA) is 63.9 Å². The quantitative estimate of drug-likeness (QED) is 0.590. The van der Waals surface area contributed by atoms with Crippen molar-refractivity contribution in [3.8, 4) is 0 Å². The van der Waals surface area contributed by atoms with Crippen molar-refractivity contribution in [1.29, 1.82) is 0 Å². The monoisotopic (exact) mass is 233 g/mol. The van der Waals surface area contributed by atoms with Crippen LogP contribution in [-0.2, 0) is 0 Å². The van der Waals surface area contributed by atoms with Crippen molar-refractivity contribution in [2.45, 2.75) is 0 Å². The lowest BCUT2D eigenvalue weighted by Crippen LogP contribution is -2.32. The van der Waals surface area contributed by atoms with Crippen molar-refractivity contribution in [3.05, 3.63) is 39.5 Å². The van der Waals surface area contributed by atoms with Crippen LogP contribution < -0.4 is 0 Å². The van der Waals surface area contributed by atoms with E-state index in [0.717, 1.165) is 0 Å². The van der Waals surface area contributed by atoms with E-state index in [-0.39, 0.29) is 19.8 Å². The Morgan fingerprint density at radius 3 is 0.875 bits per heavy atom. The largest absolute Gasteiger partial charge is 0.395 e. The van der Waals surface area contributed by atoms with Gasteiger partial charge in [0.05, 0.1) is 19.8 Å². The highest BCUT2D eigenvalue weighted by Gasteiger charge is 2.00. The van der Waals surface area contributed by atoms with Crippen LogP contribution in [0.5, 0.6) is 0 Å². The summed E-state index contributed by atoms with van der Waals surface area (Å²) in [6.45, 7) is 19.8. The molecule has 0 aliphatic carbocycles. The molecule has 3 N–H and O–H groups in total. The van der Waals surface area contributed by atoms with Crippen LogP contribution in [-0.4, -0.2) is 59.7 Å². The predicted molar refractivity (Wildman–Crippen MR) is 71.5 cm³/mol. The predicted octanol–water partition coefficient (Wildman–Crippen LogP) is 0.672. The van der Waals surface area contributed by atoms with Crippen molar-refractivity contribution in [2.75, 3.05) is 39.5 Å². The zero-order valence-corrected chi connectivity index (χ0v) is 10.3. The molecule has 0 fully saturated rings. The number of hydrogen-bond acceptors (Lipinski definition) is 4. The molecule has 16 heavy (non-hydrogen) atoms. The third kappa shape index (κ3) is 29.2. The highest BCUT2D eigenvalue weighted by Crippen LogP contribution is 1.84. The second-order valence-electron chi connectivity index (χ2n) is 2.01. The van der Waals surface area contributed by atoms with E-state index in [0.29, 0.717) is 19.6 Å². The Balaban J connectivity index is -0.000000103. The maximum atomic E-state index is 8.48. The van der Waals surface area contributed by atoms with Crippen molar-refractivity contribution in [2.24, 2.45) is 0 Å². The molecular weight excluding hydrogens is 206 g/mol. The third-order valence-electron chi connectivity index (χ3n) is 1.25. The molecule has 0 rings (SSSR count). The Hall–Kier alpha value is -0.940. The van der Waals surface area contributed by atoms with E-state index < -0.39 is 0 Å². The lowest BCUT2D eigenvalue weighted by Gasteiger charge is -2.17. The molecule has 0 atom stereocenters. The van der Waals surface area contributed by atoms with Gasteiger partial charge in [-0.3, -0.25) is 4.90 Å². The number of aliphatic hydroxyl groups excluding tert-OH is 3. The van der Waals surface area contributed by atoms with Crippen LogP contribution in [0.4, 0.5) is 0 Å². The lowest BCUT2D eigenvalue weighted by atomic mass is 10.4. The molecule has 0 aliphatic rings. The van der Waals surface area contributed by atoms with E-state index in [1.807, 2.05) is 0 Å². The van der Waals surface area contributed by atoms with Crippen LogP contribution in [0.1, 0.15) is 0 Å². The van der Waals surface area contributed by atoms with Gasteiger partial charge in [0.15, 0.2) is 0 Å². The molecule has 98 valence electrons. The molecule has 0 bridgehead atoms. The van der Waals surface area contributed by atoms with Crippen LogP contribution >= 0.6 is 0 Å². The summed E-state index contributed by atoms with van der Waals surface area (Å²) in [5.41, 5.74) is 0. The molecule has 0 unspecified atom stereocenters. The van der Waals surface area contributed by atoms with Crippen LogP contribution in [0.15, 0.2) is 39.5 Å². The molecule has 4 nitrogen and oxygen atoms in total. The second-order valence-corrected chi connectivity index (χ2v) is 2.01. The van der Waals surface area contributed by atoms with Gasteiger partial charge in [0.1, 0.15) is 0 Å². The zero-order chi connectivity index (χ0) is 13.8. The molecule has 0 aromatic heterocycles. The summed E-state index contributed by atoms with van der Waals surface area (Å²) >= 11 is 0. The molecule has 4 heteroatoms. The number of hydrogen-bond donors (Lipinski definition) is 3. The molecule has 0 radical (unpaired) electrons. The van der Waals surface area contributed by atoms with Gasteiger partial charge < -0.3 is 15.3 Å². The van der Waals surface area contributed by atoms with E-state index in [1.54, 1.807) is 4.90 Å². The molecule has 0 saturated heterocycles. The summed E-state index contributed by atoms with van der Waals surface area (Å²) in [7, 11) is 0. The Labute approximate surface area is 99.8 Å². The lowest BCUT2D eigenvalue weighted by molar-refractivity contribution is 0.136. The molecule has 0 aromatic carbocycles. The SMILES string of the molecule is C=C.C=C.C=C.OCCN(CCO)CCO. The third-order valence-corrected chi connectivity index (χ3v) is 1.25. The first-order chi connectivity index (χ1) is 7.85. The van der Waals surface area contributed by atoms with Crippen molar-refractivity contribution < 1.29 is 15.3 Å². The fourth-order valence-corrected chi connectivity index (χ4v) is 0.760. The van der Waals surface area contributed by atoms with Crippen molar-refractivity contribution >= 4 is 0 Å². The number of aliphatic hydroxyl groups is 3. The van der Waals surface area contributed by atoms with Gasteiger partial charge in [0.2, 0.25) is 0 Å². The minimum Gasteiger partial charge on any atom is -0.395 e. The van der Waals surface area contributed by atoms with E-state index in [1.165, 1.54) is 0 Å². The van der Waals surface area contributed by atoms with Crippen molar-refractivity contribution in [1.82, 2.24) is 4.90 Å². The van der Waals surface area contributed by atoms with Gasteiger partial charge in [-0.2, -0.15) is 0 Å². The maximum Gasteiger partial charge on any atom is 0.0558 e. The van der Waals surface area contributed by atoms with Gasteiger partial charge in [-0.1, -0.05) is 0 Å². The minimum atomic E-state index is 0.0694. The molecule has 0 saturated carbocycles. The summed E-state index contributed by atoms with van der Waals surface area (Å²) < 4.78 is 0. The Bertz CT molecular complexity index is 83.2. The molecule has 0 spiro atoms. The minimum absolute atomic E-state index is 0.0694. The summed E-state index contributed by atoms with van der Waals surface area (Å²) in [6.07, 6.45) is 0. The van der Waals surface area contributed by atoms with Crippen LogP contribution in [0.2, 0.25) is 0 Å². The molecule has 0 heterocycles. The van der Waals surface area contributed by atoms with Gasteiger partial charge in [0, 0.05) is 19.6 Å². The molecular formula is C12H27NO3. The Morgan fingerprint density at radius 2 is 0.750 bits per heavy atom. The normalized spacial score (nSPS) is 7.50. The second kappa shape index (κ2) is 36.9. The average molecular weight is 233 g/mol. The van der Waals surface area contributed by atoms with E-state index in [2.05, 4.69) is 39.5 Å². The standard InChI is InChI=1S/C6H15NO3.3C2H4/c8-4-1-7(2-5-9)3-6-10;3*1-2/h8-10H,1-6H2;3*1-2H2. The highest BCUT2D eigenvalue weighted by molar-refractivity contribution is 4.54. The van der Waals surface area contributed by atoms with Crippen LogP contribution in [0.25, 0.3) is 0 Å². The maximum absolute atomic E-state index is 8.48. The van der Waals surface area contributed by atoms with E-state index >= 15 is 0 Å². The summed E-state index contributed by atoms with van der Waals surface area (Å²) in [5, 5.41) is 25.5. The van der Waals surface area contributed by atoms with Gasteiger partial charge in [0.25, 0.3) is 0 Å². The van der Waals surface area contributed by atoms with Gasteiger partial charge in [-0.25, -0.2) is 0 Å². The summed E-state index contributed by atoms with van der Waals surface area (Å²) in [6, 6.07) is 0. The first-order valence-corrected chi connectivity index (χ1v) is 4.90. The fraction of sp³-hybridized carbons (Fsp3) is 0.500. The van der Waals surface area contributed by atoms with Crippen LogP contribution in [0, 0.1) is 0 Å². The fourth-order valence-electron chi connectivity index (χ4n) is 0.760. The number of rotatable bonds is 6. The van der Waals surface area contributed by atoms with Gasteiger partial charge in [-0.15, -0.1) is 39.5 Å². The van der Waals surface area contributed by atoms with E-state index in [4.69, 9.17) is 15.3 Å². The molecule has 0 amide bonds.